The Balaban J connectivity index is 1.42. The lowest BCUT2D eigenvalue weighted by Gasteiger charge is -2.36. The summed E-state index contributed by atoms with van der Waals surface area (Å²) in [5.41, 5.74) is 1.24. The molecule has 29 heavy (non-hydrogen) atoms. The van der Waals surface area contributed by atoms with Crippen molar-refractivity contribution in [3.8, 4) is 0 Å². The van der Waals surface area contributed by atoms with Gasteiger partial charge in [0.05, 0.1) is 5.69 Å². The lowest BCUT2D eigenvalue weighted by atomic mass is 10.2. The third-order valence-electron chi connectivity index (χ3n) is 4.80. The predicted octanol–water partition coefficient (Wildman–Crippen LogP) is 3.33. The van der Waals surface area contributed by atoms with E-state index in [4.69, 9.17) is 0 Å². The lowest BCUT2D eigenvalue weighted by molar-refractivity contribution is 0.102. The molecule has 2 heterocycles. The van der Waals surface area contributed by atoms with E-state index in [0.29, 0.717) is 18.9 Å². The van der Waals surface area contributed by atoms with Crippen LogP contribution in [-0.4, -0.2) is 42.1 Å². The molecule has 1 amide bonds. The van der Waals surface area contributed by atoms with Crippen LogP contribution >= 0.6 is 0 Å². The molecule has 0 aliphatic carbocycles. The number of para-hydroxylation sites is 1. The van der Waals surface area contributed by atoms with Gasteiger partial charge in [-0.15, -0.1) is 0 Å². The highest BCUT2D eigenvalue weighted by Gasteiger charge is 2.20. The fraction of sp³-hybridized carbons (Fsp3) is 0.190. The molecule has 1 aliphatic heterocycles. The first-order valence-corrected chi connectivity index (χ1v) is 9.23. The molecular weight excluding hydrogens is 376 g/mol. The Morgan fingerprint density at radius 3 is 2.31 bits per heavy atom. The van der Waals surface area contributed by atoms with Gasteiger partial charge in [0.1, 0.15) is 29.5 Å². The van der Waals surface area contributed by atoms with Crippen LogP contribution in [0, 0.1) is 11.6 Å². The summed E-state index contributed by atoms with van der Waals surface area (Å²) in [6.07, 6.45) is 1.33. The molecule has 6 nitrogen and oxygen atoms in total. The molecule has 0 atom stereocenters. The highest BCUT2D eigenvalue weighted by Crippen LogP contribution is 2.20. The zero-order chi connectivity index (χ0) is 20.2. The maximum absolute atomic E-state index is 13.8. The van der Waals surface area contributed by atoms with E-state index in [0.717, 1.165) is 18.8 Å². The summed E-state index contributed by atoms with van der Waals surface area (Å²) in [4.78, 5) is 25.0. The first-order valence-electron chi connectivity index (χ1n) is 9.23. The van der Waals surface area contributed by atoms with Crippen molar-refractivity contribution in [3.05, 3.63) is 78.3 Å². The Morgan fingerprint density at radius 1 is 0.897 bits per heavy atom. The quantitative estimate of drug-likeness (QED) is 0.734. The van der Waals surface area contributed by atoms with Gasteiger partial charge in [0.25, 0.3) is 5.91 Å². The van der Waals surface area contributed by atoms with Crippen molar-refractivity contribution in [1.29, 1.82) is 0 Å². The molecule has 0 spiro atoms. The third-order valence-corrected chi connectivity index (χ3v) is 4.80. The molecule has 1 aliphatic rings. The minimum atomic E-state index is -0.507. The second-order valence-corrected chi connectivity index (χ2v) is 6.65. The number of benzene rings is 2. The Hall–Kier alpha value is -3.55. The fourth-order valence-electron chi connectivity index (χ4n) is 3.24. The van der Waals surface area contributed by atoms with Crippen molar-refractivity contribution < 1.29 is 13.6 Å². The number of piperazine rings is 1. The maximum atomic E-state index is 13.8. The molecule has 0 bridgehead atoms. The fourth-order valence-corrected chi connectivity index (χ4v) is 3.24. The van der Waals surface area contributed by atoms with Crippen LogP contribution in [0.5, 0.6) is 0 Å². The first kappa shape index (κ1) is 18.8. The van der Waals surface area contributed by atoms with Crippen LogP contribution in [0.25, 0.3) is 0 Å². The molecule has 2 aromatic carbocycles. The normalized spacial score (nSPS) is 14.0. The van der Waals surface area contributed by atoms with E-state index >= 15 is 0 Å². The molecule has 0 saturated carbocycles. The molecular formula is C21H19F2N5O. The van der Waals surface area contributed by atoms with Crippen LogP contribution < -0.4 is 15.1 Å². The Kier molecular flexibility index (Phi) is 5.33. The van der Waals surface area contributed by atoms with Crippen LogP contribution in [0.15, 0.2) is 60.9 Å². The van der Waals surface area contributed by atoms with Gasteiger partial charge in [-0.05, 0) is 36.4 Å². The summed E-state index contributed by atoms with van der Waals surface area (Å²) < 4.78 is 26.9. The summed E-state index contributed by atoms with van der Waals surface area (Å²) >= 11 is 0. The van der Waals surface area contributed by atoms with Gasteiger partial charge in [-0.25, -0.2) is 18.7 Å². The number of nitrogens with zero attached hydrogens (tertiary/aromatic N) is 4. The minimum Gasteiger partial charge on any atom is -0.368 e. The van der Waals surface area contributed by atoms with Crippen molar-refractivity contribution in [2.24, 2.45) is 0 Å². The molecule has 3 aromatic rings. The Morgan fingerprint density at radius 2 is 1.59 bits per heavy atom. The number of nitrogens with one attached hydrogen (secondary N) is 1. The largest absolute Gasteiger partial charge is 0.368 e. The van der Waals surface area contributed by atoms with Crippen LogP contribution in [0.2, 0.25) is 0 Å². The molecule has 0 unspecified atom stereocenters. The van der Waals surface area contributed by atoms with Crippen LogP contribution in [0.3, 0.4) is 0 Å². The highest BCUT2D eigenvalue weighted by atomic mass is 19.1. The monoisotopic (exact) mass is 395 g/mol. The van der Waals surface area contributed by atoms with E-state index in [1.807, 2.05) is 0 Å². The predicted molar refractivity (Wildman–Crippen MR) is 107 cm³/mol. The molecule has 1 saturated heterocycles. The molecule has 0 radical (unpaired) electrons. The number of rotatable bonds is 4. The smallest absolute Gasteiger partial charge is 0.274 e. The summed E-state index contributed by atoms with van der Waals surface area (Å²) in [7, 11) is 0. The van der Waals surface area contributed by atoms with Crippen molar-refractivity contribution in [1.82, 2.24) is 9.97 Å². The number of carbonyl (C=O) groups excluding carboxylic acids is 1. The van der Waals surface area contributed by atoms with Gasteiger partial charge >= 0.3 is 0 Å². The summed E-state index contributed by atoms with van der Waals surface area (Å²) in [6.45, 7) is 2.88. The van der Waals surface area contributed by atoms with Crippen LogP contribution in [0.4, 0.5) is 26.0 Å². The Labute approximate surface area is 166 Å². The average molecular weight is 395 g/mol. The molecule has 4 rings (SSSR count). The van der Waals surface area contributed by atoms with Gasteiger partial charge in [0.15, 0.2) is 0 Å². The second kappa shape index (κ2) is 8.22. The zero-order valence-corrected chi connectivity index (χ0v) is 15.6. The number of anilines is 3. The topological polar surface area (TPSA) is 61.4 Å². The summed E-state index contributed by atoms with van der Waals surface area (Å²) in [6, 6.07) is 14.0. The van der Waals surface area contributed by atoms with Gasteiger partial charge in [-0.3, -0.25) is 4.79 Å². The first-order chi connectivity index (χ1) is 14.1. The standard InChI is InChI=1S/C21H19F2N5O/c22-15-5-7-16(8-6-15)27-9-11-28(12-10-27)20-13-19(24-14-25-20)21(29)26-18-4-2-1-3-17(18)23/h1-8,13-14H,9-12H2,(H,26,29). The summed E-state index contributed by atoms with van der Waals surface area (Å²) in [5.74, 6) is -0.622. The maximum Gasteiger partial charge on any atom is 0.274 e. The van der Waals surface area contributed by atoms with Gasteiger partial charge in [-0.2, -0.15) is 0 Å². The third kappa shape index (κ3) is 4.31. The van der Waals surface area contributed by atoms with E-state index < -0.39 is 11.7 Å². The molecule has 8 heteroatoms. The van der Waals surface area contributed by atoms with Crippen molar-refractivity contribution >= 4 is 23.1 Å². The van der Waals surface area contributed by atoms with E-state index in [1.165, 1.54) is 30.6 Å². The van der Waals surface area contributed by atoms with Gasteiger partial charge in [0, 0.05) is 37.9 Å². The van der Waals surface area contributed by atoms with Crippen molar-refractivity contribution in [2.45, 2.75) is 0 Å². The zero-order valence-electron chi connectivity index (χ0n) is 15.6. The number of amides is 1. The summed E-state index contributed by atoms with van der Waals surface area (Å²) in [5, 5.41) is 2.53. The van der Waals surface area contributed by atoms with Crippen LogP contribution in [0.1, 0.15) is 10.5 Å². The van der Waals surface area contributed by atoms with Gasteiger partial charge in [0.2, 0.25) is 0 Å². The van der Waals surface area contributed by atoms with Gasteiger partial charge < -0.3 is 15.1 Å². The molecule has 1 aromatic heterocycles. The van der Waals surface area contributed by atoms with E-state index in [-0.39, 0.29) is 17.2 Å². The van der Waals surface area contributed by atoms with E-state index in [9.17, 15) is 13.6 Å². The lowest BCUT2D eigenvalue weighted by Crippen LogP contribution is -2.46. The number of hydrogen-bond acceptors (Lipinski definition) is 5. The number of carbonyl (C=O) groups is 1. The van der Waals surface area contributed by atoms with E-state index in [1.54, 1.807) is 30.3 Å². The number of halogens is 2. The SMILES string of the molecule is O=C(Nc1ccccc1F)c1cc(N2CCN(c3ccc(F)cc3)CC2)ncn1. The van der Waals surface area contributed by atoms with Crippen LogP contribution in [-0.2, 0) is 0 Å². The number of aromatic nitrogens is 2. The Bertz CT molecular complexity index is 1000. The highest BCUT2D eigenvalue weighted by molar-refractivity contribution is 6.03. The molecule has 1 N–H and O–H groups in total. The molecule has 1 fully saturated rings. The van der Waals surface area contributed by atoms with Crippen molar-refractivity contribution in [2.75, 3.05) is 41.3 Å². The average Bonchev–Trinajstić information content (AvgIpc) is 2.76. The second-order valence-electron chi connectivity index (χ2n) is 6.65. The van der Waals surface area contributed by atoms with E-state index in [2.05, 4.69) is 25.1 Å². The minimum absolute atomic E-state index is 0.102. The van der Waals surface area contributed by atoms with Crippen molar-refractivity contribution in [3.63, 3.8) is 0 Å². The molecule has 148 valence electrons. The van der Waals surface area contributed by atoms with Gasteiger partial charge in [-0.1, -0.05) is 12.1 Å². The number of hydrogen-bond donors (Lipinski definition) is 1.